The summed E-state index contributed by atoms with van der Waals surface area (Å²) >= 11 is 0. The first kappa shape index (κ1) is 14.9. The van der Waals surface area contributed by atoms with Crippen molar-refractivity contribution in [3.63, 3.8) is 0 Å². The second-order valence-electron chi connectivity index (χ2n) is 3.50. The van der Waals surface area contributed by atoms with Gasteiger partial charge in [-0.1, -0.05) is 40.7 Å². The Labute approximate surface area is 110 Å². The van der Waals surface area contributed by atoms with Gasteiger partial charge in [0.15, 0.2) is 0 Å². The molecule has 0 aliphatic carbocycles. The van der Waals surface area contributed by atoms with Crippen LogP contribution in [0.2, 0.25) is 0 Å². The van der Waals surface area contributed by atoms with Gasteiger partial charge in [-0.15, -0.1) is 0 Å². The molecule has 0 saturated carbocycles. The Bertz CT molecular complexity index is 565. The molecule has 3 N–H and O–H groups in total. The lowest BCUT2D eigenvalue weighted by Crippen LogP contribution is -2.31. The monoisotopic (exact) mass is 283 g/mol. The molecule has 0 radical (unpaired) electrons. The molecule has 1 unspecified atom stereocenters. The molecule has 0 spiro atoms. The number of hydrogen-bond acceptors (Lipinski definition) is 5. The number of hydrogen-bond donors (Lipinski definition) is 2. The first-order valence-electron chi connectivity index (χ1n) is 5.21. The van der Waals surface area contributed by atoms with E-state index in [4.69, 9.17) is 11.4 Å². The third kappa shape index (κ3) is 5.34. The minimum atomic E-state index is -3.73. The highest BCUT2D eigenvalue weighted by Crippen LogP contribution is 2.14. The molecule has 19 heavy (non-hydrogen) atoms. The Morgan fingerprint density at radius 3 is 2.63 bits per heavy atom. The van der Waals surface area contributed by atoms with E-state index in [1.807, 2.05) is 0 Å². The van der Waals surface area contributed by atoms with Crippen LogP contribution in [0.1, 0.15) is 11.6 Å². The topological polar surface area (TPSA) is 146 Å². The van der Waals surface area contributed by atoms with Crippen molar-refractivity contribution in [2.45, 2.75) is 6.04 Å². The van der Waals surface area contributed by atoms with E-state index in [0.717, 1.165) is 0 Å². The van der Waals surface area contributed by atoms with Crippen LogP contribution in [0.15, 0.2) is 45.8 Å². The Morgan fingerprint density at radius 1 is 1.37 bits per heavy atom. The molecule has 102 valence electrons. The summed E-state index contributed by atoms with van der Waals surface area (Å²) in [6, 6.07) is 8.21. The smallest absolute Gasteiger partial charge is 0.218 e. The van der Waals surface area contributed by atoms with Gasteiger partial charge in [0.25, 0.3) is 0 Å². The number of sulfonamides is 1. The fourth-order valence-corrected chi connectivity index (χ4v) is 2.30. The number of azide groups is 1. The number of rotatable bonds is 7. The van der Waals surface area contributed by atoms with E-state index < -0.39 is 21.9 Å². The van der Waals surface area contributed by atoms with E-state index in [0.29, 0.717) is 5.56 Å². The molecule has 0 amide bonds. The van der Waals surface area contributed by atoms with Crippen molar-refractivity contribution < 1.29 is 8.42 Å². The molecule has 0 heterocycles. The van der Waals surface area contributed by atoms with Gasteiger partial charge in [0, 0.05) is 4.91 Å². The van der Waals surface area contributed by atoms with Gasteiger partial charge in [0.05, 0.1) is 12.6 Å². The van der Waals surface area contributed by atoms with E-state index in [-0.39, 0.29) is 6.54 Å². The van der Waals surface area contributed by atoms with Gasteiger partial charge >= 0.3 is 0 Å². The van der Waals surface area contributed by atoms with E-state index in [2.05, 4.69) is 25.1 Å². The van der Waals surface area contributed by atoms with Crippen molar-refractivity contribution in [2.24, 2.45) is 21.3 Å². The Kier molecular flexibility index (Phi) is 5.73. The summed E-state index contributed by atoms with van der Waals surface area (Å²) in [4.78, 5) is 2.41. The first-order chi connectivity index (χ1) is 9.09. The van der Waals surface area contributed by atoms with Crippen LogP contribution in [-0.4, -0.2) is 20.8 Å². The zero-order chi connectivity index (χ0) is 14.1. The average Bonchev–Trinajstić information content (AvgIpc) is 2.42. The summed E-state index contributed by atoms with van der Waals surface area (Å²) in [6.07, 6.45) is 0. The highest BCUT2D eigenvalue weighted by molar-refractivity contribution is 7.89. The van der Waals surface area contributed by atoms with Crippen LogP contribution in [0.3, 0.4) is 0 Å². The van der Waals surface area contributed by atoms with Crippen LogP contribution < -0.4 is 10.6 Å². The molecule has 0 aromatic heterocycles. The molecule has 0 bridgehead atoms. The van der Waals surface area contributed by atoms with Gasteiger partial charge in [-0.2, -0.15) is 5.11 Å². The highest BCUT2D eigenvalue weighted by Gasteiger charge is 2.18. The van der Waals surface area contributed by atoms with E-state index in [1.165, 1.54) is 0 Å². The van der Waals surface area contributed by atoms with E-state index in [1.54, 1.807) is 30.3 Å². The Morgan fingerprint density at radius 2 is 2.05 bits per heavy atom. The van der Waals surface area contributed by atoms with Crippen LogP contribution in [0.4, 0.5) is 0 Å². The zero-order valence-electron chi connectivity index (χ0n) is 9.92. The van der Waals surface area contributed by atoms with Crippen molar-refractivity contribution >= 4 is 10.0 Å². The van der Waals surface area contributed by atoms with Gasteiger partial charge in [-0.05, 0) is 11.1 Å². The normalized spacial score (nSPS) is 13.1. The van der Waals surface area contributed by atoms with Gasteiger partial charge in [0.2, 0.25) is 10.0 Å². The molecular formula is C9H13N7O2S. The lowest BCUT2D eigenvalue weighted by atomic mass is 10.1. The van der Waals surface area contributed by atoms with Crippen molar-refractivity contribution in [3.05, 3.63) is 46.3 Å². The van der Waals surface area contributed by atoms with Crippen molar-refractivity contribution in [2.75, 3.05) is 12.4 Å². The minimum absolute atomic E-state index is 0.0516. The maximum Gasteiger partial charge on any atom is 0.218 e. The minimum Gasteiger partial charge on any atom is -0.305 e. The summed E-state index contributed by atoms with van der Waals surface area (Å²) < 4.78 is 25.7. The van der Waals surface area contributed by atoms with Crippen molar-refractivity contribution in [3.8, 4) is 0 Å². The fraction of sp³-hybridized carbons (Fsp3) is 0.333. The van der Waals surface area contributed by atoms with Gasteiger partial charge in [-0.3, -0.25) is 0 Å². The number of nitrogens with one attached hydrogen (secondary N) is 1. The molecule has 1 atom stereocenters. The predicted molar refractivity (Wildman–Crippen MR) is 69.2 cm³/mol. The van der Waals surface area contributed by atoms with Crippen LogP contribution in [0, 0.1) is 0 Å². The molecule has 1 aromatic carbocycles. The van der Waals surface area contributed by atoms with Crippen molar-refractivity contribution in [1.82, 2.24) is 4.72 Å². The summed E-state index contributed by atoms with van der Waals surface area (Å²) in [7, 11) is -3.73. The Hall–Kier alpha value is -2.16. The maximum atomic E-state index is 11.7. The molecular weight excluding hydrogens is 270 g/mol. The third-order valence-corrected chi connectivity index (χ3v) is 3.26. The van der Waals surface area contributed by atoms with Crippen LogP contribution in [0.5, 0.6) is 0 Å². The summed E-state index contributed by atoms with van der Waals surface area (Å²) in [6.45, 7) is 0.0516. The first-order valence-corrected chi connectivity index (χ1v) is 6.87. The average molecular weight is 283 g/mol. The second kappa shape index (κ2) is 7.31. The molecule has 0 aliphatic rings. The number of benzene rings is 1. The molecule has 1 aromatic rings. The lowest BCUT2D eigenvalue weighted by Gasteiger charge is -2.15. The third-order valence-electron chi connectivity index (χ3n) is 2.16. The van der Waals surface area contributed by atoms with Gasteiger partial charge in [0.1, 0.15) is 5.88 Å². The quantitative estimate of drug-likeness (QED) is 0.255. The second-order valence-corrected chi connectivity index (χ2v) is 5.22. The van der Waals surface area contributed by atoms with Gasteiger partial charge in [-0.25, -0.2) is 13.1 Å². The summed E-state index contributed by atoms with van der Waals surface area (Å²) in [5.74, 6) is 4.24. The molecule has 0 saturated heterocycles. The standard InChI is InChI=1S/C9H13N7O2S/c10-15-12-6-9(8-4-2-1-3-5-8)14-19(17,18)7-13-16-11/h1-5,9,14H,6-7H2,(H2,10,12). The fourth-order valence-electron chi connectivity index (χ4n) is 1.38. The van der Waals surface area contributed by atoms with E-state index in [9.17, 15) is 8.42 Å². The van der Waals surface area contributed by atoms with Crippen LogP contribution >= 0.6 is 0 Å². The molecule has 0 aliphatic heterocycles. The van der Waals surface area contributed by atoms with Crippen LogP contribution in [0.25, 0.3) is 10.4 Å². The molecule has 9 nitrogen and oxygen atoms in total. The highest BCUT2D eigenvalue weighted by atomic mass is 32.2. The van der Waals surface area contributed by atoms with E-state index >= 15 is 0 Å². The molecule has 1 rings (SSSR count). The number of nitrogens with two attached hydrogens (primary N) is 1. The van der Waals surface area contributed by atoms with Crippen molar-refractivity contribution in [1.29, 1.82) is 0 Å². The largest absolute Gasteiger partial charge is 0.305 e. The Balaban J connectivity index is 2.90. The summed E-state index contributed by atoms with van der Waals surface area (Å²) in [5, 5.41) is 9.71. The van der Waals surface area contributed by atoms with Crippen LogP contribution in [-0.2, 0) is 10.0 Å². The summed E-state index contributed by atoms with van der Waals surface area (Å²) in [5.41, 5.74) is 8.85. The lowest BCUT2D eigenvalue weighted by molar-refractivity contribution is 0.555. The SMILES string of the molecule is [N-]=[N+]=NCS(=O)(=O)NC(CN=NN)c1ccccc1. The molecule has 10 heteroatoms. The maximum absolute atomic E-state index is 11.7. The van der Waals surface area contributed by atoms with Gasteiger partial charge < -0.3 is 5.84 Å². The zero-order valence-corrected chi connectivity index (χ0v) is 10.7. The molecule has 0 fully saturated rings. The number of nitrogens with zero attached hydrogens (tertiary/aromatic N) is 5. The predicted octanol–water partition coefficient (Wildman–Crippen LogP) is 1.24.